The predicted molar refractivity (Wildman–Crippen MR) is 69.7 cm³/mol. The highest BCUT2D eigenvalue weighted by Crippen LogP contribution is 2.39. The molecule has 1 aromatic rings. The van der Waals surface area contributed by atoms with Gasteiger partial charge in [-0.05, 0) is 23.8 Å². The highest BCUT2D eigenvalue weighted by Gasteiger charge is 2.39. The summed E-state index contributed by atoms with van der Waals surface area (Å²) in [6.07, 6.45) is -5.37. The van der Waals surface area contributed by atoms with Crippen LogP contribution in [-0.4, -0.2) is 12.7 Å². The largest absolute Gasteiger partial charge is 0.449 e. The van der Waals surface area contributed by atoms with E-state index in [-0.39, 0.29) is 24.6 Å². The van der Waals surface area contributed by atoms with E-state index in [1.807, 2.05) is 0 Å². The van der Waals surface area contributed by atoms with Crippen LogP contribution in [0.4, 0.5) is 22.4 Å². The summed E-state index contributed by atoms with van der Waals surface area (Å²) in [5, 5.41) is 2.43. The lowest BCUT2D eigenvalue weighted by atomic mass is 9.80. The van der Waals surface area contributed by atoms with Crippen LogP contribution in [0.15, 0.2) is 18.2 Å². The molecule has 8 heteroatoms. The van der Waals surface area contributed by atoms with Crippen LogP contribution in [-0.2, 0) is 10.9 Å². The van der Waals surface area contributed by atoms with Crippen molar-refractivity contribution in [3.8, 4) is 0 Å². The van der Waals surface area contributed by atoms with Crippen molar-refractivity contribution in [1.29, 1.82) is 0 Å². The van der Waals surface area contributed by atoms with Crippen molar-refractivity contribution in [1.82, 2.24) is 5.32 Å². The summed E-state index contributed by atoms with van der Waals surface area (Å²) in [7, 11) is 0. The van der Waals surface area contributed by atoms with Crippen LogP contribution in [0.1, 0.15) is 31.0 Å². The Labute approximate surface area is 125 Å². The van der Waals surface area contributed by atoms with Crippen molar-refractivity contribution in [2.45, 2.75) is 26.1 Å². The number of ether oxygens (including phenoxy) is 1. The van der Waals surface area contributed by atoms with Gasteiger partial charge in [0.05, 0.1) is 11.6 Å². The summed E-state index contributed by atoms with van der Waals surface area (Å²) in [4.78, 5) is 11.3. The molecule has 1 aliphatic rings. The van der Waals surface area contributed by atoms with E-state index in [1.54, 1.807) is 13.8 Å². The minimum atomic E-state index is -4.64. The van der Waals surface area contributed by atoms with Gasteiger partial charge in [0, 0.05) is 5.41 Å². The molecule has 0 aromatic heterocycles. The smallest absolute Gasteiger partial charge is 0.416 e. The number of carbonyl (C=O) groups is 1. The Kier molecular flexibility index (Phi) is 4.77. The number of carbonyl (C=O) groups excluding carboxylic acids is 1. The topological polar surface area (TPSA) is 38.3 Å². The number of hydrogen-bond acceptors (Lipinski definition) is 2. The van der Waals surface area contributed by atoms with Gasteiger partial charge in [0.2, 0.25) is 0 Å². The van der Waals surface area contributed by atoms with E-state index in [0.29, 0.717) is 6.07 Å². The molecule has 1 amide bonds. The van der Waals surface area contributed by atoms with E-state index in [0.717, 1.165) is 12.1 Å². The normalized spacial score (nSPS) is 21.0. The lowest BCUT2D eigenvalue weighted by molar-refractivity contribution is -0.137. The van der Waals surface area contributed by atoms with E-state index in [1.165, 1.54) is 0 Å². The van der Waals surface area contributed by atoms with Gasteiger partial charge in [-0.3, -0.25) is 0 Å². The number of hydrogen-bond donors (Lipinski definition) is 1. The Hall–Kier alpha value is -1.50. The first-order valence-electron chi connectivity index (χ1n) is 5.90. The molecular formula is C13H14ClF4NO2. The molecular weight excluding hydrogens is 314 g/mol. The molecule has 1 N–H and O–H groups in total. The van der Waals surface area contributed by atoms with Crippen molar-refractivity contribution in [2.24, 2.45) is 5.41 Å². The van der Waals surface area contributed by atoms with Crippen molar-refractivity contribution < 1.29 is 27.1 Å². The molecule has 0 saturated carbocycles. The summed E-state index contributed by atoms with van der Waals surface area (Å²) < 4.78 is 56.3. The number of amides is 1. The fourth-order valence-corrected chi connectivity index (χ4v) is 2.17. The number of alkyl carbamates (subject to hydrolysis) is 1. The van der Waals surface area contributed by atoms with Crippen molar-refractivity contribution >= 4 is 18.5 Å². The second-order valence-corrected chi connectivity index (χ2v) is 5.41. The molecule has 0 spiro atoms. The third-order valence-electron chi connectivity index (χ3n) is 3.20. The summed E-state index contributed by atoms with van der Waals surface area (Å²) in [5.74, 6) is -0.994. The Morgan fingerprint density at radius 1 is 1.29 bits per heavy atom. The molecule has 0 bridgehead atoms. The maximum absolute atomic E-state index is 13.4. The SMILES string of the molecule is CC1(C)COC(=O)N[C@H]1c1cc(F)cc(C(F)(F)F)c1.Cl. The van der Waals surface area contributed by atoms with Crippen LogP contribution in [0.5, 0.6) is 0 Å². The van der Waals surface area contributed by atoms with Gasteiger partial charge in [0.15, 0.2) is 0 Å². The summed E-state index contributed by atoms with van der Waals surface area (Å²) in [6.45, 7) is 3.48. The van der Waals surface area contributed by atoms with Gasteiger partial charge in [-0.15, -0.1) is 12.4 Å². The minimum Gasteiger partial charge on any atom is -0.449 e. The van der Waals surface area contributed by atoms with E-state index >= 15 is 0 Å². The molecule has 1 fully saturated rings. The second kappa shape index (κ2) is 5.71. The maximum atomic E-state index is 13.4. The summed E-state index contributed by atoms with van der Waals surface area (Å²) >= 11 is 0. The first-order chi connectivity index (χ1) is 9.09. The van der Waals surface area contributed by atoms with Crippen LogP contribution < -0.4 is 5.32 Å². The first-order valence-corrected chi connectivity index (χ1v) is 5.90. The standard InChI is InChI=1S/C13H13F4NO2.ClH/c1-12(2)6-20-11(19)18-10(12)7-3-8(13(15,16)17)5-9(14)4-7;/h3-5,10H,6H2,1-2H3,(H,18,19);1H/t10-;/m0./s1. The van der Waals surface area contributed by atoms with Gasteiger partial charge in [-0.25, -0.2) is 9.18 Å². The van der Waals surface area contributed by atoms with E-state index in [2.05, 4.69) is 5.32 Å². The quantitative estimate of drug-likeness (QED) is 0.789. The van der Waals surface area contributed by atoms with E-state index < -0.39 is 35.1 Å². The second-order valence-electron chi connectivity index (χ2n) is 5.41. The predicted octanol–water partition coefficient (Wildman–Crippen LogP) is 4.07. The van der Waals surface area contributed by atoms with Gasteiger partial charge in [0.25, 0.3) is 0 Å². The van der Waals surface area contributed by atoms with Crippen molar-refractivity contribution in [2.75, 3.05) is 6.61 Å². The third-order valence-corrected chi connectivity index (χ3v) is 3.20. The lowest BCUT2D eigenvalue weighted by Crippen LogP contribution is -2.47. The Morgan fingerprint density at radius 3 is 2.48 bits per heavy atom. The van der Waals surface area contributed by atoms with Gasteiger partial charge >= 0.3 is 12.3 Å². The molecule has 118 valence electrons. The van der Waals surface area contributed by atoms with E-state index in [9.17, 15) is 22.4 Å². The Bertz CT molecular complexity index is 545. The molecule has 21 heavy (non-hydrogen) atoms. The fraction of sp³-hybridized carbons (Fsp3) is 0.462. The van der Waals surface area contributed by atoms with Crippen LogP contribution in [0, 0.1) is 11.2 Å². The third kappa shape index (κ3) is 3.78. The number of nitrogens with one attached hydrogen (secondary N) is 1. The molecule has 1 saturated heterocycles. The molecule has 1 aromatic carbocycles. The number of benzene rings is 1. The molecule has 2 rings (SSSR count). The lowest BCUT2D eigenvalue weighted by Gasteiger charge is -2.38. The van der Waals surface area contributed by atoms with Crippen LogP contribution in [0.2, 0.25) is 0 Å². The zero-order valence-corrected chi connectivity index (χ0v) is 12.1. The zero-order chi connectivity index (χ0) is 15.1. The molecule has 1 aliphatic heterocycles. The monoisotopic (exact) mass is 327 g/mol. The average molecular weight is 328 g/mol. The fourth-order valence-electron chi connectivity index (χ4n) is 2.17. The molecule has 0 radical (unpaired) electrons. The molecule has 0 aliphatic carbocycles. The molecule has 0 unspecified atom stereocenters. The van der Waals surface area contributed by atoms with E-state index in [4.69, 9.17) is 4.74 Å². The zero-order valence-electron chi connectivity index (χ0n) is 11.3. The summed E-state index contributed by atoms with van der Waals surface area (Å²) in [5.41, 5.74) is -1.66. The number of cyclic esters (lactones) is 1. The maximum Gasteiger partial charge on any atom is 0.416 e. The number of halogens is 5. The molecule has 1 atom stereocenters. The van der Waals surface area contributed by atoms with Gasteiger partial charge in [-0.2, -0.15) is 13.2 Å². The van der Waals surface area contributed by atoms with Crippen molar-refractivity contribution in [3.05, 3.63) is 35.1 Å². The van der Waals surface area contributed by atoms with Gasteiger partial charge in [-0.1, -0.05) is 13.8 Å². The Morgan fingerprint density at radius 2 is 1.90 bits per heavy atom. The van der Waals surface area contributed by atoms with Gasteiger partial charge < -0.3 is 10.1 Å². The minimum absolute atomic E-state index is 0. The highest BCUT2D eigenvalue weighted by atomic mass is 35.5. The van der Waals surface area contributed by atoms with Gasteiger partial charge in [0.1, 0.15) is 12.4 Å². The molecule has 1 heterocycles. The van der Waals surface area contributed by atoms with Crippen molar-refractivity contribution in [3.63, 3.8) is 0 Å². The van der Waals surface area contributed by atoms with Crippen LogP contribution in [0.3, 0.4) is 0 Å². The molecule has 3 nitrogen and oxygen atoms in total. The van der Waals surface area contributed by atoms with Crippen LogP contribution in [0.25, 0.3) is 0 Å². The first kappa shape index (κ1) is 17.6. The average Bonchev–Trinajstić information content (AvgIpc) is 2.30. The number of alkyl halides is 3. The highest BCUT2D eigenvalue weighted by molar-refractivity contribution is 5.85. The van der Waals surface area contributed by atoms with Crippen LogP contribution >= 0.6 is 12.4 Å². The summed E-state index contributed by atoms with van der Waals surface area (Å²) in [6, 6.07) is 1.52. The Balaban J connectivity index is 0.00000220. The number of rotatable bonds is 1.